The average molecular weight is 328 g/mol. The van der Waals surface area contributed by atoms with Gasteiger partial charge in [0.05, 0.1) is 9.72 Å². The van der Waals surface area contributed by atoms with Gasteiger partial charge in [-0.25, -0.2) is 9.37 Å². The van der Waals surface area contributed by atoms with Gasteiger partial charge in [0.25, 0.3) is 0 Å². The number of benzene rings is 1. The molecule has 110 valence electrons. The highest BCUT2D eigenvalue weighted by atomic mass is 35.5. The van der Waals surface area contributed by atoms with Gasteiger partial charge >= 0.3 is 0 Å². The van der Waals surface area contributed by atoms with Crippen molar-refractivity contribution in [3.05, 3.63) is 23.0 Å². The van der Waals surface area contributed by atoms with E-state index in [1.54, 1.807) is 7.05 Å². The molecule has 2 aromatic rings. The lowest BCUT2D eigenvalue weighted by molar-refractivity contribution is -0.131. The number of fused-ring (bicyclic) bond motifs is 1. The number of carbonyl (C=O) groups is 2. The summed E-state index contributed by atoms with van der Waals surface area (Å²) in [6, 6.07) is 2.18. The maximum Gasteiger partial charge on any atom is 0.248 e. The quantitative estimate of drug-likeness (QED) is 0.922. The minimum Gasteiger partial charge on any atom is -0.334 e. The largest absolute Gasteiger partial charge is 0.334 e. The monoisotopic (exact) mass is 327 g/mol. The van der Waals surface area contributed by atoms with Crippen molar-refractivity contribution in [2.75, 3.05) is 12.4 Å². The number of rotatable bonds is 2. The second-order valence-electron chi connectivity index (χ2n) is 4.77. The van der Waals surface area contributed by atoms with Crippen LogP contribution >= 0.6 is 22.9 Å². The van der Waals surface area contributed by atoms with Gasteiger partial charge in [-0.3, -0.25) is 9.59 Å². The van der Waals surface area contributed by atoms with Crippen LogP contribution in [-0.2, 0) is 9.59 Å². The Hall–Kier alpha value is -1.73. The van der Waals surface area contributed by atoms with Crippen molar-refractivity contribution in [1.29, 1.82) is 0 Å². The van der Waals surface area contributed by atoms with Gasteiger partial charge < -0.3 is 10.2 Å². The van der Waals surface area contributed by atoms with Gasteiger partial charge in [-0.1, -0.05) is 22.9 Å². The van der Waals surface area contributed by atoms with Gasteiger partial charge in [-0.2, -0.15) is 0 Å². The zero-order chi connectivity index (χ0) is 15.1. The standard InChI is InChI=1S/C13H11ClFN3O2S/c1-18-8(4-5-9(18)19)12(20)17-13-16-10-7(15)3-2-6(14)11(10)21-13/h2-3,8H,4-5H2,1H3,(H,16,17,20). The minimum absolute atomic E-state index is 0.0615. The van der Waals surface area contributed by atoms with E-state index in [1.165, 1.54) is 17.0 Å². The summed E-state index contributed by atoms with van der Waals surface area (Å²) >= 11 is 7.10. The zero-order valence-electron chi connectivity index (χ0n) is 11.0. The molecular formula is C13H11ClFN3O2S. The van der Waals surface area contributed by atoms with Crippen molar-refractivity contribution < 1.29 is 14.0 Å². The van der Waals surface area contributed by atoms with Crippen molar-refractivity contribution in [2.24, 2.45) is 0 Å². The Morgan fingerprint density at radius 2 is 2.33 bits per heavy atom. The highest BCUT2D eigenvalue weighted by Gasteiger charge is 2.33. The molecule has 2 amide bonds. The number of likely N-dealkylation sites (N-methyl/N-ethyl adjacent to an activating group) is 1. The van der Waals surface area contributed by atoms with Crippen LogP contribution in [0.3, 0.4) is 0 Å². The van der Waals surface area contributed by atoms with Crippen LogP contribution in [0.1, 0.15) is 12.8 Å². The maximum absolute atomic E-state index is 13.7. The molecule has 1 saturated heterocycles. The number of hydrogen-bond acceptors (Lipinski definition) is 4. The third kappa shape index (κ3) is 2.47. The number of carbonyl (C=O) groups excluding carboxylic acids is 2. The molecule has 0 saturated carbocycles. The lowest BCUT2D eigenvalue weighted by Crippen LogP contribution is -2.38. The first-order valence-electron chi connectivity index (χ1n) is 6.28. The number of thiazole rings is 1. The average Bonchev–Trinajstić information content (AvgIpc) is 3.00. The molecule has 1 aromatic carbocycles. The lowest BCUT2D eigenvalue weighted by Gasteiger charge is -2.18. The molecule has 8 heteroatoms. The molecule has 0 radical (unpaired) electrons. The molecule has 1 N–H and O–H groups in total. The second-order valence-corrected chi connectivity index (χ2v) is 6.18. The highest BCUT2D eigenvalue weighted by Crippen LogP contribution is 2.33. The summed E-state index contributed by atoms with van der Waals surface area (Å²) in [5, 5.41) is 3.29. The molecule has 0 spiro atoms. The Morgan fingerprint density at radius 1 is 1.57 bits per heavy atom. The van der Waals surface area contributed by atoms with Crippen molar-refractivity contribution >= 4 is 50.1 Å². The van der Waals surface area contributed by atoms with Crippen molar-refractivity contribution in [3.63, 3.8) is 0 Å². The molecule has 1 aliphatic heterocycles. The molecule has 1 unspecified atom stereocenters. The predicted octanol–water partition coefficient (Wildman–Crippen LogP) is 2.65. The van der Waals surface area contributed by atoms with Crippen LogP contribution < -0.4 is 5.32 Å². The van der Waals surface area contributed by atoms with Crippen molar-refractivity contribution in [1.82, 2.24) is 9.88 Å². The van der Waals surface area contributed by atoms with Gasteiger partial charge in [-0.15, -0.1) is 0 Å². The highest BCUT2D eigenvalue weighted by molar-refractivity contribution is 7.23. The topological polar surface area (TPSA) is 62.3 Å². The fourth-order valence-electron chi connectivity index (χ4n) is 2.30. The SMILES string of the molecule is CN1C(=O)CCC1C(=O)Nc1nc2c(F)ccc(Cl)c2s1. The summed E-state index contributed by atoms with van der Waals surface area (Å²) in [7, 11) is 1.59. The van der Waals surface area contributed by atoms with Crippen LogP contribution in [0.2, 0.25) is 5.02 Å². The van der Waals surface area contributed by atoms with E-state index in [0.717, 1.165) is 11.3 Å². The summed E-state index contributed by atoms with van der Waals surface area (Å²) in [6.45, 7) is 0. The summed E-state index contributed by atoms with van der Waals surface area (Å²) in [6.07, 6.45) is 0.829. The molecule has 5 nitrogen and oxygen atoms in total. The fraction of sp³-hybridized carbons (Fsp3) is 0.308. The number of aromatic nitrogens is 1. The van der Waals surface area contributed by atoms with Gasteiger partial charge in [0.15, 0.2) is 5.13 Å². The van der Waals surface area contributed by atoms with Gasteiger partial charge in [0.1, 0.15) is 17.4 Å². The van der Waals surface area contributed by atoms with Crippen molar-refractivity contribution in [3.8, 4) is 0 Å². The van der Waals surface area contributed by atoms with Gasteiger partial charge in [0.2, 0.25) is 11.8 Å². The number of amides is 2. The van der Waals surface area contributed by atoms with E-state index in [1.807, 2.05) is 0 Å². The fourth-order valence-corrected chi connectivity index (χ4v) is 3.45. The lowest BCUT2D eigenvalue weighted by atomic mass is 10.2. The van der Waals surface area contributed by atoms with Crippen LogP contribution in [0.25, 0.3) is 10.2 Å². The molecule has 1 aliphatic rings. The molecule has 21 heavy (non-hydrogen) atoms. The van der Waals surface area contributed by atoms with Crippen molar-refractivity contribution in [2.45, 2.75) is 18.9 Å². The number of anilines is 1. The van der Waals surface area contributed by atoms with Crippen LogP contribution in [0.5, 0.6) is 0 Å². The first kappa shape index (κ1) is 14.2. The third-order valence-electron chi connectivity index (χ3n) is 3.47. The number of likely N-dealkylation sites (tertiary alicyclic amines) is 1. The number of nitrogens with one attached hydrogen (secondary N) is 1. The Bertz CT molecular complexity index is 709. The van der Waals surface area contributed by atoms with E-state index in [-0.39, 0.29) is 22.5 Å². The molecule has 1 fully saturated rings. The van der Waals surface area contributed by atoms with Crippen LogP contribution in [0, 0.1) is 5.82 Å². The van der Waals surface area contributed by atoms with Crippen LogP contribution in [0.4, 0.5) is 9.52 Å². The summed E-state index contributed by atoms with van der Waals surface area (Å²) in [5.41, 5.74) is 0.138. The van der Waals surface area contributed by atoms with Gasteiger partial charge in [-0.05, 0) is 18.6 Å². The van der Waals surface area contributed by atoms with E-state index in [9.17, 15) is 14.0 Å². The Labute approximate surface area is 128 Å². The van der Waals surface area contributed by atoms with E-state index in [2.05, 4.69) is 10.3 Å². The Balaban J connectivity index is 1.85. The van der Waals surface area contributed by atoms with Crippen LogP contribution in [-0.4, -0.2) is 34.8 Å². The smallest absolute Gasteiger partial charge is 0.248 e. The molecule has 3 rings (SSSR count). The van der Waals surface area contributed by atoms with Crippen LogP contribution in [0.15, 0.2) is 12.1 Å². The normalized spacial score (nSPS) is 18.5. The predicted molar refractivity (Wildman–Crippen MR) is 79.0 cm³/mol. The molecular weight excluding hydrogens is 317 g/mol. The third-order valence-corrected chi connectivity index (χ3v) is 4.90. The van der Waals surface area contributed by atoms with E-state index >= 15 is 0 Å². The molecule has 1 aromatic heterocycles. The molecule has 0 bridgehead atoms. The first-order chi connectivity index (χ1) is 9.97. The Morgan fingerprint density at radius 3 is 2.95 bits per heavy atom. The second kappa shape index (κ2) is 5.23. The Kier molecular flexibility index (Phi) is 3.54. The van der Waals surface area contributed by atoms with Gasteiger partial charge in [0, 0.05) is 13.5 Å². The molecule has 0 aliphatic carbocycles. The van der Waals surface area contributed by atoms with E-state index in [4.69, 9.17) is 11.6 Å². The summed E-state index contributed by atoms with van der Waals surface area (Å²) in [4.78, 5) is 29.1. The number of hydrogen-bond donors (Lipinski definition) is 1. The van der Waals surface area contributed by atoms with E-state index < -0.39 is 11.9 Å². The zero-order valence-corrected chi connectivity index (χ0v) is 12.6. The first-order valence-corrected chi connectivity index (χ1v) is 7.48. The number of nitrogens with zero attached hydrogens (tertiary/aromatic N) is 2. The maximum atomic E-state index is 13.7. The minimum atomic E-state index is -0.509. The molecule has 1 atom stereocenters. The molecule has 2 heterocycles. The van der Waals surface area contributed by atoms with E-state index in [0.29, 0.717) is 22.6 Å². The summed E-state index contributed by atoms with van der Waals surface area (Å²) in [5.74, 6) is -0.869. The number of halogens is 2. The summed E-state index contributed by atoms with van der Waals surface area (Å²) < 4.78 is 14.1.